The standard InChI is InChI=1S/C15H17N3OS/c1-18(2)11-8-6-10(7-9-11)14(19)17-15-16-12-4-3-5-13(12)20-15/h6-9H,3-5H2,1-2H3,(H,16,17,19). The Morgan fingerprint density at radius 2 is 2.00 bits per heavy atom. The molecule has 2 aromatic rings. The molecule has 104 valence electrons. The number of anilines is 2. The third-order valence-corrected chi connectivity index (χ3v) is 4.53. The Bertz CT molecular complexity index is 610. The van der Waals surface area contributed by atoms with E-state index in [9.17, 15) is 4.79 Å². The van der Waals surface area contributed by atoms with Crippen molar-refractivity contribution >= 4 is 28.1 Å². The Morgan fingerprint density at radius 3 is 2.65 bits per heavy atom. The lowest BCUT2D eigenvalue weighted by atomic mass is 10.2. The van der Waals surface area contributed by atoms with Crippen LogP contribution in [0.3, 0.4) is 0 Å². The molecule has 1 amide bonds. The maximum Gasteiger partial charge on any atom is 0.257 e. The maximum atomic E-state index is 12.2. The van der Waals surface area contributed by atoms with E-state index in [0.29, 0.717) is 5.56 Å². The minimum Gasteiger partial charge on any atom is -0.378 e. The maximum absolute atomic E-state index is 12.2. The van der Waals surface area contributed by atoms with Crippen LogP contribution in [0, 0.1) is 0 Å². The van der Waals surface area contributed by atoms with Crippen molar-refractivity contribution in [2.45, 2.75) is 19.3 Å². The molecule has 1 aliphatic rings. The molecule has 1 aliphatic carbocycles. The van der Waals surface area contributed by atoms with Crippen LogP contribution in [0.2, 0.25) is 0 Å². The van der Waals surface area contributed by atoms with Crippen LogP contribution >= 0.6 is 11.3 Å². The summed E-state index contributed by atoms with van der Waals surface area (Å²) >= 11 is 1.60. The molecule has 1 N–H and O–H groups in total. The van der Waals surface area contributed by atoms with Gasteiger partial charge >= 0.3 is 0 Å². The van der Waals surface area contributed by atoms with Gasteiger partial charge in [0, 0.05) is 30.2 Å². The molecule has 1 heterocycles. The summed E-state index contributed by atoms with van der Waals surface area (Å²) in [5.74, 6) is -0.0947. The summed E-state index contributed by atoms with van der Waals surface area (Å²) in [7, 11) is 3.96. The van der Waals surface area contributed by atoms with Gasteiger partial charge in [0.2, 0.25) is 0 Å². The van der Waals surface area contributed by atoms with E-state index >= 15 is 0 Å². The van der Waals surface area contributed by atoms with Crippen LogP contribution in [0.4, 0.5) is 10.8 Å². The van der Waals surface area contributed by atoms with Crippen LogP contribution in [0.15, 0.2) is 24.3 Å². The number of aromatic nitrogens is 1. The van der Waals surface area contributed by atoms with E-state index in [0.717, 1.165) is 29.4 Å². The topological polar surface area (TPSA) is 45.2 Å². The Kier molecular flexibility index (Phi) is 3.44. The second kappa shape index (κ2) is 5.25. The van der Waals surface area contributed by atoms with Gasteiger partial charge in [-0.05, 0) is 43.5 Å². The monoisotopic (exact) mass is 287 g/mol. The van der Waals surface area contributed by atoms with Crippen molar-refractivity contribution in [1.29, 1.82) is 0 Å². The van der Waals surface area contributed by atoms with Crippen LogP contribution in [-0.4, -0.2) is 25.0 Å². The van der Waals surface area contributed by atoms with E-state index < -0.39 is 0 Å². The first-order chi connectivity index (χ1) is 9.63. The van der Waals surface area contributed by atoms with E-state index in [1.165, 1.54) is 11.3 Å². The van der Waals surface area contributed by atoms with Crippen LogP contribution in [0.5, 0.6) is 0 Å². The highest BCUT2D eigenvalue weighted by atomic mass is 32.1. The number of hydrogen-bond donors (Lipinski definition) is 1. The zero-order valence-electron chi connectivity index (χ0n) is 11.6. The molecule has 0 saturated heterocycles. The fourth-order valence-electron chi connectivity index (χ4n) is 2.32. The minimum atomic E-state index is -0.0947. The average Bonchev–Trinajstić information content (AvgIpc) is 2.99. The SMILES string of the molecule is CN(C)c1ccc(C(=O)Nc2nc3c(s2)CCC3)cc1. The zero-order valence-corrected chi connectivity index (χ0v) is 12.5. The summed E-state index contributed by atoms with van der Waals surface area (Å²) < 4.78 is 0. The first-order valence-electron chi connectivity index (χ1n) is 6.71. The molecule has 0 unspecified atom stereocenters. The number of carbonyl (C=O) groups is 1. The highest BCUT2D eigenvalue weighted by Gasteiger charge is 2.18. The number of nitrogens with one attached hydrogen (secondary N) is 1. The Morgan fingerprint density at radius 1 is 1.25 bits per heavy atom. The van der Waals surface area contributed by atoms with Gasteiger partial charge in [0.25, 0.3) is 5.91 Å². The highest BCUT2D eigenvalue weighted by Crippen LogP contribution is 2.30. The molecule has 0 radical (unpaired) electrons. The molecule has 0 spiro atoms. The van der Waals surface area contributed by atoms with Gasteiger partial charge < -0.3 is 4.90 Å². The third-order valence-electron chi connectivity index (χ3n) is 3.46. The predicted octanol–water partition coefficient (Wildman–Crippen LogP) is 2.95. The smallest absolute Gasteiger partial charge is 0.257 e. The van der Waals surface area contributed by atoms with Gasteiger partial charge in [-0.15, -0.1) is 11.3 Å². The molecule has 5 heteroatoms. The summed E-state index contributed by atoms with van der Waals surface area (Å²) in [6, 6.07) is 7.56. The van der Waals surface area contributed by atoms with E-state index in [4.69, 9.17) is 0 Å². The molecule has 0 atom stereocenters. The number of aryl methyl sites for hydroxylation is 2. The molecule has 0 fully saturated rings. The second-order valence-electron chi connectivity index (χ2n) is 5.14. The fraction of sp³-hybridized carbons (Fsp3) is 0.333. The molecule has 0 aliphatic heterocycles. The Hall–Kier alpha value is -1.88. The van der Waals surface area contributed by atoms with Gasteiger partial charge in [-0.2, -0.15) is 0 Å². The van der Waals surface area contributed by atoms with Crippen LogP contribution in [0.1, 0.15) is 27.3 Å². The lowest BCUT2D eigenvalue weighted by molar-refractivity contribution is 0.102. The summed E-state index contributed by atoms with van der Waals surface area (Å²) in [6.07, 6.45) is 3.33. The van der Waals surface area contributed by atoms with Gasteiger partial charge in [0.1, 0.15) is 0 Å². The summed E-state index contributed by atoms with van der Waals surface area (Å²) in [5, 5.41) is 3.61. The van der Waals surface area contributed by atoms with Gasteiger partial charge in [0.15, 0.2) is 5.13 Å². The number of amides is 1. The van der Waals surface area contributed by atoms with Crippen molar-refractivity contribution in [3.8, 4) is 0 Å². The second-order valence-corrected chi connectivity index (χ2v) is 6.22. The van der Waals surface area contributed by atoms with Gasteiger partial charge in [-0.1, -0.05) is 0 Å². The van der Waals surface area contributed by atoms with Crippen molar-refractivity contribution < 1.29 is 4.79 Å². The van der Waals surface area contributed by atoms with E-state index in [-0.39, 0.29) is 5.91 Å². The lowest BCUT2D eigenvalue weighted by Crippen LogP contribution is -2.13. The molecular weight excluding hydrogens is 270 g/mol. The molecular formula is C15H17N3OS. The van der Waals surface area contributed by atoms with E-state index in [1.54, 1.807) is 11.3 Å². The van der Waals surface area contributed by atoms with Crippen molar-refractivity contribution in [3.05, 3.63) is 40.4 Å². The molecule has 1 aromatic carbocycles. The fourth-order valence-corrected chi connectivity index (χ4v) is 3.37. The number of rotatable bonds is 3. The predicted molar refractivity (Wildman–Crippen MR) is 82.9 cm³/mol. The number of fused-ring (bicyclic) bond motifs is 1. The zero-order chi connectivity index (χ0) is 14.1. The molecule has 0 saturated carbocycles. The minimum absolute atomic E-state index is 0.0947. The Balaban J connectivity index is 1.72. The summed E-state index contributed by atoms with van der Waals surface area (Å²) in [5.41, 5.74) is 2.90. The van der Waals surface area contributed by atoms with Gasteiger partial charge in [-0.25, -0.2) is 4.98 Å². The third kappa shape index (κ3) is 2.54. The van der Waals surface area contributed by atoms with Crippen LogP contribution in [-0.2, 0) is 12.8 Å². The van der Waals surface area contributed by atoms with Crippen molar-refractivity contribution in [2.75, 3.05) is 24.3 Å². The number of benzene rings is 1. The molecule has 3 rings (SSSR count). The van der Waals surface area contributed by atoms with Gasteiger partial charge in [-0.3, -0.25) is 10.1 Å². The largest absolute Gasteiger partial charge is 0.378 e. The average molecular weight is 287 g/mol. The van der Waals surface area contributed by atoms with Crippen molar-refractivity contribution in [1.82, 2.24) is 4.98 Å². The van der Waals surface area contributed by atoms with E-state index in [2.05, 4.69) is 10.3 Å². The van der Waals surface area contributed by atoms with Crippen molar-refractivity contribution in [3.63, 3.8) is 0 Å². The summed E-state index contributed by atoms with van der Waals surface area (Å²) in [6.45, 7) is 0. The Labute approximate surface area is 122 Å². The number of nitrogens with zero attached hydrogens (tertiary/aromatic N) is 2. The highest BCUT2D eigenvalue weighted by molar-refractivity contribution is 7.15. The normalized spacial score (nSPS) is 13.1. The lowest BCUT2D eigenvalue weighted by Gasteiger charge is -2.12. The van der Waals surface area contributed by atoms with Gasteiger partial charge in [0.05, 0.1) is 5.69 Å². The summed E-state index contributed by atoms with van der Waals surface area (Å²) in [4.78, 5) is 20.0. The molecule has 1 aromatic heterocycles. The first kappa shape index (κ1) is 13.1. The number of hydrogen-bond acceptors (Lipinski definition) is 4. The quantitative estimate of drug-likeness (QED) is 0.944. The van der Waals surface area contributed by atoms with Crippen LogP contribution in [0.25, 0.3) is 0 Å². The van der Waals surface area contributed by atoms with E-state index in [1.807, 2.05) is 43.3 Å². The number of thiazole rings is 1. The molecule has 20 heavy (non-hydrogen) atoms. The van der Waals surface area contributed by atoms with Crippen LogP contribution < -0.4 is 10.2 Å². The first-order valence-corrected chi connectivity index (χ1v) is 7.52. The number of carbonyl (C=O) groups excluding carboxylic acids is 1. The molecule has 4 nitrogen and oxygen atoms in total. The molecule has 0 bridgehead atoms. The van der Waals surface area contributed by atoms with Crippen molar-refractivity contribution in [2.24, 2.45) is 0 Å².